The van der Waals surface area contributed by atoms with Crippen LogP contribution in [0.3, 0.4) is 0 Å². The molecule has 1 N–H and O–H groups in total. The van der Waals surface area contributed by atoms with Crippen LogP contribution in [0.2, 0.25) is 0 Å². The summed E-state index contributed by atoms with van der Waals surface area (Å²) in [4.78, 5) is 1.48. The van der Waals surface area contributed by atoms with Crippen molar-refractivity contribution < 1.29 is 4.39 Å². The van der Waals surface area contributed by atoms with Crippen molar-refractivity contribution in [1.82, 2.24) is 5.32 Å². The number of rotatable bonds is 3. The Bertz CT molecular complexity index is 581. The standard InChI is InChI=1S/C15H15BrFNS/c16-11-4-5-13(17)10(8-11)9-18-14-2-1-3-15-12(14)6-7-19-15/h4-8,14,18H,1-3,9H2. The van der Waals surface area contributed by atoms with Crippen molar-refractivity contribution in [1.29, 1.82) is 0 Å². The van der Waals surface area contributed by atoms with E-state index in [0.29, 0.717) is 12.6 Å². The molecule has 0 saturated heterocycles. The molecule has 1 nitrogen and oxygen atoms in total. The van der Waals surface area contributed by atoms with Crippen LogP contribution in [0.25, 0.3) is 0 Å². The quantitative estimate of drug-likeness (QED) is 0.845. The third-order valence-electron chi connectivity index (χ3n) is 3.60. The van der Waals surface area contributed by atoms with E-state index in [1.54, 1.807) is 6.07 Å². The van der Waals surface area contributed by atoms with Gasteiger partial charge in [0.2, 0.25) is 0 Å². The summed E-state index contributed by atoms with van der Waals surface area (Å²) in [6.45, 7) is 0.575. The van der Waals surface area contributed by atoms with Crippen molar-refractivity contribution in [2.24, 2.45) is 0 Å². The number of benzene rings is 1. The maximum absolute atomic E-state index is 13.7. The lowest BCUT2D eigenvalue weighted by molar-refractivity contribution is 0.456. The summed E-state index contributed by atoms with van der Waals surface area (Å²) in [5.41, 5.74) is 2.13. The van der Waals surface area contributed by atoms with Crippen molar-refractivity contribution in [3.63, 3.8) is 0 Å². The van der Waals surface area contributed by atoms with E-state index in [0.717, 1.165) is 16.5 Å². The third kappa shape index (κ3) is 2.91. The van der Waals surface area contributed by atoms with Gasteiger partial charge in [0.15, 0.2) is 0 Å². The Morgan fingerprint density at radius 1 is 1.37 bits per heavy atom. The number of thiophene rings is 1. The van der Waals surface area contributed by atoms with Crippen molar-refractivity contribution in [2.45, 2.75) is 31.8 Å². The highest BCUT2D eigenvalue weighted by Crippen LogP contribution is 2.33. The highest BCUT2D eigenvalue weighted by molar-refractivity contribution is 9.10. The predicted molar refractivity (Wildman–Crippen MR) is 80.9 cm³/mol. The Morgan fingerprint density at radius 2 is 2.26 bits per heavy atom. The number of halogens is 2. The highest BCUT2D eigenvalue weighted by atomic mass is 79.9. The van der Waals surface area contributed by atoms with Gasteiger partial charge in [-0.3, -0.25) is 0 Å². The first-order valence-corrected chi connectivity index (χ1v) is 8.15. The molecule has 19 heavy (non-hydrogen) atoms. The van der Waals surface area contributed by atoms with Gasteiger partial charge in [-0.2, -0.15) is 0 Å². The van der Waals surface area contributed by atoms with Gasteiger partial charge in [-0.15, -0.1) is 11.3 Å². The summed E-state index contributed by atoms with van der Waals surface area (Å²) in [5.74, 6) is -0.142. The first kappa shape index (κ1) is 13.3. The van der Waals surface area contributed by atoms with Crippen LogP contribution < -0.4 is 5.32 Å². The molecule has 1 aromatic heterocycles. The van der Waals surface area contributed by atoms with Gasteiger partial charge in [-0.1, -0.05) is 15.9 Å². The van der Waals surface area contributed by atoms with Crippen LogP contribution in [0.15, 0.2) is 34.1 Å². The lowest BCUT2D eigenvalue weighted by atomic mass is 9.94. The topological polar surface area (TPSA) is 12.0 Å². The normalized spacial score (nSPS) is 18.3. The molecule has 0 radical (unpaired) electrons. The summed E-state index contributed by atoms with van der Waals surface area (Å²) in [7, 11) is 0. The predicted octanol–water partition coefficient (Wildman–Crippen LogP) is 4.82. The van der Waals surface area contributed by atoms with Crippen molar-refractivity contribution in [3.05, 3.63) is 55.9 Å². The van der Waals surface area contributed by atoms with E-state index < -0.39 is 0 Å². The minimum Gasteiger partial charge on any atom is -0.306 e. The van der Waals surface area contributed by atoms with E-state index in [9.17, 15) is 4.39 Å². The summed E-state index contributed by atoms with van der Waals surface area (Å²) in [6, 6.07) is 7.66. The molecule has 1 aliphatic rings. The maximum Gasteiger partial charge on any atom is 0.127 e. The van der Waals surface area contributed by atoms with Crippen LogP contribution in [0.1, 0.15) is 34.9 Å². The molecule has 2 aromatic rings. The molecule has 1 aliphatic carbocycles. The van der Waals surface area contributed by atoms with E-state index >= 15 is 0 Å². The summed E-state index contributed by atoms with van der Waals surface area (Å²) < 4.78 is 14.6. The molecule has 100 valence electrons. The monoisotopic (exact) mass is 339 g/mol. The summed E-state index contributed by atoms with van der Waals surface area (Å²) >= 11 is 5.22. The smallest absolute Gasteiger partial charge is 0.127 e. The minimum atomic E-state index is -0.142. The van der Waals surface area contributed by atoms with Crippen LogP contribution in [0, 0.1) is 5.82 Å². The van der Waals surface area contributed by atoms with E-state index in [2.05, 4.69) is 32.7 Å². The van der Waals surface area contributed by atoms with E-state index in [1.165, 1.54) is 29.3 Å². The lowest BCUT2D eigenvalue weighted by Gasteiger charge is -2.24. The fraction of sp³-hybridized carbons (Fsp3) is 0.333. The van der Waals surface area contributed by atoms with Gasteiger partial charge < -0.3 is 5.32 Å². The van der Waals surface area contributed by atoms with Crippen molar-refractivity contribution in [3.8, 4) is 0 Å². The first-order chi connectivity index (χ1) is 9.24. The van der Waals surface area contributed by atoms with Gasteiger partial charge in [0.05, 0.1) is 0 Å². The average molecular weight is 340 g/mol. The van der Waals surface area contributed by atoms with Gasteiger partial charge in [0.1, 0.15) is 5.82 Å². The zero-order valence-electron chi connectivity index (χ0n) is 10.5. The summed E-state index contributed by atoms with van der Waals surface area (Å²) in [6.07, 6.45) is 3.54. The number of hydrogen-bond donors (Lipinski definition) is 1. The van der Waals surface area contributed by atoms with Crippen molar-refractivity contribution >= 4 is 27.3 Å². The van der Waals surface area contributed by atoms with Crippen LogP contribution >= 0.6 is 27.3 Å². The van der Waals surface area contributed by atoms with Crippen LogP contribution in [0.4, 0.5) is 4.39 Å². The average Bonchev–Trinajstić information content (AvgIpc) is 2.88. The molecule has 1 atom stereocenters. The second kappa shape index (κ2) is 5.73. The van der Waals surface area contributed by atoms with Crippen LogP contribution in [-0.2, 0) is 13.0 Å². The van der Waals surface area contributed by atoms with Gasteiger partial charge in [0, 0.05) is 27.5 Å². The number of nitrogens with one attached hydrogen (secondary N) is 1. The molecular formula is C15H15BrFNS. The number of hydrogen-bond acceptors (Lipinski definition) is 2. The molecule has 0 amide bonds. The molecule has 0 spiro atoms. The Morgan fingerprint density at radius 3 is 3.16 bits per heavy atom. The Kier molecular flexibility index (Phi) is 4.01. The molecular weight excluding hydrogens is 325 g/mol. The van der Waals surface area contributed by atoms with Crippen LogP contribution in [-0.4, -0.2) is 0 Å². The first-order valence-electron chi connectivity index (χ1n) is 6.47. The van der Waals surface area contributed by atoms with E-state index in [-0.39, 0.29) is 5.82 Å². The van der Waals surface area contributed by atoms with E-state index in [1.807, 2.05) is 17.4 Å². The van der Waals surface area contributed by atoms with E-state index in [4.69, 9.17) is 0 Å². The third-order valence-corrected chi connectivity index (χ3v) is 5.09. The van der Waals surface area contributed by atoms with Gasteiger partial charge >= 0.3 is 0 Å². The molecule has 3 rings (SSSR count). The highest BCUT2D eigenvalue weighted by Gasteiger charge is 2.20. The van der Waals surface area contributed by atoms with Crippen LogP contribution in [0.5, 0.6) is 0 Å². The second-order valence-corrected chi connectivity index (χ2v) is 6.78. The van der Waals surface area contributed by atoms with Gasteiger partial charge in [-0.05, 0) is 54.5 Å². The minimum absolute atomic E-state index is 0.142. The molecule has 0 aliphatic heterocycles. The Labute approximate surface area is 125 Å². The molecule has 0 fully saturated rings. The molecule has 0 saturated carbocycles. The molecule has 0 bridgehead atoms. The SMILES string of the molecule is Fc1ccc(Br)cc1CNC1CCCc2sccc21. The summed E-state index contributed by atoms with van der Waals surface area (Å²) in [5, 5.41) is 5.65. The molecule has 4 heteroatoms. The lowest BCUT2D eigenvalue weighted by Crippen LogP contribution is -2.24. The Balaban J connectivity index is 1.72. The Hall–Kier alpha value is -0.710. The fourth-order valence-electron chi connectivity index (χ4n) is 2.61. The number of fused-ring (bicyclic) bond motifs is 1. The van der Waals surface area contributed by atoms with Crippen molar-refractivity contribution in [2.75, 3.05) is 0 Å². The van der Waals surface area contributed by atoms with Gasteiger partial charge in [0.25, 0.3) is 0 Å². The second-order valence-electron chi connectivity index (χ2n) is 4.86. The fourth-order valence-corrected chi connectivity index (χ4v) is 4.01. The zero-order valence-corrected chi connectivity index (χ0v) is 12.9. The molecule has 1 heterocycles. The van der Waals surface area contributed by atoms with Gasteiger partial charge in [-0.25, -0.2) is 4.39 Å². The zero-order chi connectivity index (χ0) is 13.2. The largest absolute Gasteiger partial charge is 0.306 e. The molecule has 1 unspecified atom stereocenters. The molecule has 1 aromatic carbocycles. The maximum atomic E-state index is 13.7. The number of aryl methyl sites for hydroxylation is 1.